The highest BCUT2D eigenvalue weighted by Gasteiger charge is 2.15. The molecule has 0 aromatic heterocycles. The van der Waals surface area contributed by atoms with E-state index in [9.17, 15) is 4.79 Å². The summed E-state index contributed by atoms with van der Waals surface area (Å²) in [6.45, 7) is 4.13. The fraction of sp³-hybridized carbons (Fsp3) is 0.533. The van der Waals surface area contributed by atoms with Crippen molar-refractivity contribution in [2.75, 3.05) is 5.32 Å². The molecule has 1 aliphatic rings. The highest BCUT2D eigenvalue weighted by Crippen LogP contribution is 2.24. The van der Waals surface area contributed by atoms with Gasteiger partial charge in [-0.1, -0.05) is 12.1 Å². The molecule has 0 saturated carbocycles. The Bertz CT molecular complexity index is 446. The topological polar surface area (TPSA) is 55.1 Å². The summed E-state index contributed by atoms with van der Waals surface area (Å²) in [6, 6.07) is 6.35. The summed E-state index contributed by atoms with van der Waals surface area (Å²) in [5.41, 5.74) is 9.48. The zero-order chi connectivity index (χ0) is 13.2. The van der Waals surface area contributed by atoms with Gasteiger partial charge in [-0.25, -0.2) is 0 Å². The maximum atomic E-state index is 11.3. The molecule has 3 nitrogen and oxygen atoms in total. The van der Waals surface area contributed by atoms with Crippen LogP contribution in [0.4, 0.5) is 5.69 Å². The molecule has 1 heterocycles. The van der Waals surface area contributed by atoms with Gasteiger partial charge in [-0.05, 0) is 56.7 Å². The molecule has 0 saturated heterocycles. The largest absolute Gasteiger partial charge is 0.326 e. The Hall–Kier alpha value is -1.35. The van der Waals surface area contributed by atoms with Crippen molar-refractivity contribution in [3.8, 4) is 0 Å². The van der Waals surface area contributed by atoms with Gasteiger partial charge in [-0.2, -0.15) is 0 Å². The normalized spacial score (nSPS) is 15.2. The van der Waals surface area contributed by atoms with Gasteiger partial charge in [0.15, 0.2) is 0 Å². The van der Waals surface area contributed by atoms with Crippen LogP contribution in [0.2, 0.25) is 0 Å². The quantitative estimate of drug-likeness (QED) is 0.858. The number of hydrogen-bond donors (Lipinski definition) is 2. The van der Waals surface area contributed by atoms with E-state index in [0.29, 0.717) is 6.42 Å². The number of nitrogens with one attached hydrogen (secondary N) is 1. The van der Waals surface area contributed by atoms with Gasteiger partial charge in [0.1, 0.15) is 0 Å². The van der Waals surface area contributed by atoms with Crippen LogP contribution in [-0.2, 0) is 17.6 Å². The fourth-order valence-electron chi connectivity index (χ4n) is 2.34. The molecule has 98 valence electrons. The van der Waals surface area contributed by atoms with Crippen molar-refractivity contribution in [3.05, 3.63) is 29.3 Å². The average Bonchev–Trinajstić information content (AvgIpc) is 2.27. The van der Waals surface area contributed by atoms with Gasteiger partial charge in [0.25, 0.3) is 0 Å². The van der Waals surface area contributed by atoms with Gasteiger partial charge >= 0.3 is 0 Å². The van der Waals surface area contributed by atoms with E-state index in [1.807, 2.05) is 6.07 Å². The Morgan fingerprint density at radius 2 is 2.11 bits per heavy atom. The van der Waals surface area contributed by atoms with Gasteiger partial charge in [0.2, 0.25) is 5.91 Å². The first kappa shape index (κ1) is 13.1. The van der Waals surface area contributed by atoms with Crippen LogP contribution in [0.3, 0.4) is 0 Å². The third-order valence-corrected chi connectivity index (χ3v) is 3.35. The molecule has 0 aliphatic carbocycles. The molecule has 0 atom stereocenters. The van der Waals surface area contributed by atoms with E-state index in [2.05, 4.69) is 31.3 Å². The van der Waals surface area contributed by atoms with Crippen molar-refractivity contribution < 1.29 is 4.79 Å². The number of benzene rings is 1. The first-order valence-electron chi connectivity index (χ1n) is 6.65. The number of carbonyl (C=O) groups excluding carboxylic acids is 1. The van der Waals surface area contributed by atoms with Crippen LogP contribution < -0.4 is 11.1 Å². The number of carbonyl (C=O) groups is 1. The van der Waals surface area contributed by atoms with Gasteiger partial charge < -0.3 is 11.1 Å². The van der Waals surface area contributed by atoms with Crippen molar-refractivity contribution in [2.24, 2.45) is 5.73 Å². The Labute approximate surface area is 109 Å². The second kappa shape index (κ2) is 5.11. The maximum absolute atomic E-state index is 11.3. The van der Waals surface area contributed by atoms with Crippen LogP contribution >= 0.6 is 0 Å². The molecule has 2 rings (SSSR count). The van der Waals surface area contributed by atoms with Gasteiger partial charge in [0, 0.05) is 17.6 Å². The second-order valence-corrected chi connectivity index (χ2v) is 5.88. The van der Waals surface area contributed by atoms with Crippen LogP contribution in [0, 0.1) is 0 Å². The summed E-state index contributed by atoms with van der Waals surface area (Å²) in [5, 5.41) is 2.91. The van der Waals surface area contributed by atoms with E-state index >= 15 is 0 Å². The SMILES string of the molecule is CC(C)(N)CCCc1ccc2c(c1)CCC(=O)N2. The van der Waals surface area contributed by atoms with Crippen LogP contribution in [0.1, 0.15) is 44.2 Å². The number of fused-ring (bicyclic) bond motifs is 1. The molecule has 0 unspecified atom stereocenters. The minimum Gasteiger partial charge on any atom is -0.326 e. The zero-order valence-electron chi connectivity index (χ0n) is 11.3. The number of hydrogen-bond acceptors (Lipinski definition) is 2. The molecule has 0 bridgehead atoms. The van der Waals surface area contributed by atoms with Crippen LogP contribution in [0.25, 0.3) is 0 Å². The predicted molar refractivity (Wildman–Crippen MR) is 74.6 cm³/mol. The van der Waals surface area contributed by atoms with Crippen LogP contribution in [0.15, 0.2) is 18.2 Å². The lowest BCUT2D eigenvalue weighted by atomic mass is 9.94. The fourth-order valence-corrected chi connectivity index (χ4v) is 2.34. The molecule has 1 amide bonds. The van der Waals surface area contributed by atoms with Crippen molar-refractivity contribution >= 4 is 11.6 Å². The van der Waals surface area contributed by atoms with Gasteiger partial charge in [-0.15, -0.1) is 0 Å². The Kier molecular flexibility index (Phi) is 3.71. The first-order valence-corrected chi connectivity index (χ1v) is 6.65. The summed E-state index contributed by atoms with van der Waals surface area (Å²) in [4.78, 5) is 11.3. The molecular weight excluding hydrogens is 224 g/mol. The van der Waals surface area contributed by atoms with Gasteiger partial charge in [-0.3, -0.25) is 4.79 Å². The first-order chi connectivity index (χ1) is 8.44. The molecule has 1 aromatic rings. The molecule has 0 fully saturated rings. The van der Waals surface area contributed by atoms with Crippen molar-refractivity contribution in [2.45, 2.75) is 51.5 Å². The van der Waals surface area contributed by atoms with E-state index in [1.54, 1.807) is 0 Å². The highest BCUT2D eigenvalue weighted by molar-refractivity contribution is 5.93. The summed E-state index contributed by atoms with van der Waals surface area (Å²) in [5.74, 6) is 0.125. The highest BCUT2D eigenvalue weighted by atomic mass is 16.1. The smallest absolute Gasteiger partial charge is 0.224 e. The van der Waals surface area contributed by atoms with Crippen molar-refractivity contribution in [1.29, 1.82) is 0 Å². The molecule has 1 aromatic carbocycles. The van der Waals surface area contributed by atoms with E-state index in [1.165, 1.54) is 11.1 Å². The summed E-state index contributed by atoms with van der Waals surface area (Å²) in [7, 11) is 0. The molecular formula is C15H22N2O. The van der Waals surface area contributed by atoms with E-state index < -0.39 is 0 Å². The van der Waals surface area contributed by atoms with Crippen LogP contribution in [0.5, 0.6) is 0 Å². The third-order valence-electron chi connectivity index (χ3n) is 3.35. The monoisotopic (exact) mass is 246 g/mol. The average molecular weight is 246 g/mol. The minimum absolute atomic E-state index is 0.0812. The minimum atomic E-state index is -0.0812. The molecule has 1 aliphatic heterocycles. The molecule has 3 heteroatoms. The molecule has 18 heavy (non-hydrogen) atoms. The van der Waals surface area contributed by atoms with E-state index in [-0.39, 0.29) is 11.4 Å². The zero-order valence-corrected chi connectivity index (χ0v) is 11.3. The summed E-state index contributed by atoms with van der Waals surface area (Å²) in [6.07, 6.45) is 4.65. The predicted octanol–water partition coefficient (Wildman–Crippen LogP) is 2.63. The number of nitrogens with two attached hydrogens (primary N) is 1. The summed E-state index contributed by atoms with van der Waals surface area (Å²) >= 11 is 0. The van der Waals surface area contributed by atoms with Gasteiger partial charge in [0.05, 0.1) is 0 Å². The second-order valence-electron chi connectivity index (χ2n) is 5.88. The maximum Gasteiger partial charge on any atom is 0.224 e. The van der Waals surface area contributed by atoms with E-state index in [0.717, 1.165) is 31.4 Å². The lowest BCUT2D eigenvalue weighted by Crippen LogP contribution is -2.31. The Morgan fingerprint density at radius 1 is 1.33 bits per heavy atom. The molecule has 0 radical (unpaired) electrons. The van der Waals surface area contributed by atoms with Crippen LogP contribution in [-0.4, -0.2) is 11.4 Å². The standard InChI is InChI=1S/C15H22N2O/c1-15(2,16)9-3-4-11-5-7-13-12(10-11)6-8-14(18)17-13/h5,7,10H,3-4,6,8-9,16H2,1-2H3,(H,17,18). The Balaban J connectivity index is 1.97. The molecule has 0 spiro atoms. The van der Waals surface area contributed by atoms with E-state index in [4.69, 9.17) is 5.73 Å². The lowest BCUT2D eigenvalue weighted by Gasteiger charge is -2.19. The number of amides is 1. The number of aryl methyl sites for hydroxylation is 2. The number of rotatable bonds is 4. The molecule has 3 N–H and O–H groups in total. The summed E-state index contributed by atoms with van der Waals surface area (Å²) < 4.78 is 0. The lowest BCUT2D eigenvalue weighted by molar-refractivity contribution is -0.116. The third kappa shape index (κ3) is 3.57. The number of anilines is 1. The Morgan fingerprint density at radius 3 is 2.83 bits per heavy atom. The van der Waals surface area contributed by atoms with Crippen molar-refractivity contribution in [3.63, 3.8) is 0 Å². The van der Waals surface area contributed by atoms with Crippen molar-refractivity contribution in [1.82, 2.24) is 0 Å².